The second-order valence-electron chi connectivity index (χ2n) is 6.29. The lowest BCUT2D eigenvalue weighted by atomic mass is 9.80. The van der Waals surface area contributed by atoms with Crippen molar-refractivity contribution in [1.82, 2.24) is 0 Å². The molecule has 2 aromatic rings. The Morgan fingerprint density at radius 3 is 2.57 bits per heavy atom. The first kappa shape index (κ1) is 14.1. The van der Waals surface area contributed by atoms with Crippen molar-refractivity contribution in [2.75, 3.05) is 0 Å². The minimum absolute atomic E-state index is 0.225. The van der Waals surface area contributed by atoms with Crippen molar-refractivity contribution in [2.45, 2.75) is 50.9 Å². The number of benzene rings is 2. The van der Waals surface area contributed by atoms with E-state index in [4.69, 9.17) is 5.73 Å². The van der Waals surface area contributed by atoms with E-state index < -0.39 is 0 Å². The van der Waals surface area contributed by atoms with Crippen LogP contribution in [-0.4, -0.2) is 5.91 Å². The Labute approximate surface area is 126 Å². The first-order valence-corrected chi connectivity index (χ1v) is 7.98. The van der Waals surface area contributed by atoms with Crippen molar-refractivity contribution in [3.63, 3.8) is 0 Å². The molecule has 1 unspecified atom stereocenters. The number of carbonyl (C=O) groups is 1. The molecule has 0 aromatic heterocycles. The van der Waals surface area contributed by atoms with Gasteiger partial charge in [-0.05, 0) is 47.6 Å². The van der Waals surface area contributed by atoms with E-state index >= 15 is 0 Å². The van der Waals surface area contributed by atoms with Crippen LogP contribution in [-0.2, 0) is 4.79 Å². The summed E-state index contributed by atoms with van der Waals surface area (Å²) in [5.41, 5.74) is 7.97. The summed E-state index contributed by atoms with van der Waals surface area (Å²) >= 11 is 0. The number of primary amides is 1. The summed E-state index contributed by atoms with van der Waals surface area (Å²) in [5.74, 6) is 0.153. The summed E-state index contributed by atoms with van der Waals surface area (Å²) in [4.78, 5) is 11.5. The minimum Gasteiger partial charge on any atom is -0.369 e. The highest BCUT2D eigenvalue weighted by atomic mass is 16.1. The molecule has 3 rings (SSSR count). The van der Waals surface area contributed by atoms with Gasteiger partial charge >= 0.3 is 0 Å². The predicted molar refractivity (Wildman–Crippen MR) is 87.4 cm³/mol. The first-order chi connectivity index (χ1) is 10.2. The highest BCUT2D eigenvalue weighted by molar-refractivity contribution is 5.89. The van der Waals surface area contributed by atoms with Gasteiger partial charge in [-0.2, -0.15) is 0 Å². The van der Waals surface area contributed by atoms with Crippen molar-refractivity contribution in [3.05, 3.63) is 47.5 Å². The topological polar surface area (TPSA) is 43.1 Å². The Balaban J connectivity index is 2.13. The molecule has 0 spiro atoms. The third-order valence-electron chi connectivity index (χ3n) is 4.89. The van der Waals surface area contributed by atoms with Gasteiger partial charge in [-0.3, -0.25) is 4.79 Å². The highest BCUT2D eigenvalue weighted by Gasteiger charge is 2.20. The van der Waals surface area contributed by atoms with Crippen LogP contribution in [0.3, 0.4) is 0 Å². The number of hydrogen-bond acceptors (Lipinski definition) is 1. The van der Waals surface area contributed by atoms with Crippen LogP contribution in [0.2, 0.25) is 0 Å². The summed E-state index contributed by atoms with van der Waals surface area (Å²) < 4.78 is 0. The van der Waals surface area contributed by atoms with E-state index in [9.17, 15) is 4.79 Å². The Morgan fingerprint density at radius 2 is 1.86 bits per heavy atom. The molecule has 1 saturated carbocycles. The number of carbonyl (C=O) groups excluding carboxylic acids is 1. The van der Waals surface area contributed by atoms with Gasteiger partial charge in [-0.1, -0.05) is 55.7 Å². The quantitative estimate of drug-likeness (QED) is 0.885. The maximum absolute atomic E-state index is 11.5. The standard InChI is InChI=1S/C19H23NO/c1-13(19(20)21)16-11-15-9-5-6-10-17(15)18(12-16)14-7-3-2-4-8-14/h5-6,9-14H,2-4,7-8H2,1H3,(H2,20,21). The molecule has 0 aliphatic heterocycles. The van der Waals surface area contributed by atoms with Crippen LogP contribution in [0.1, 0.15) is 62.0 Å². The van der Waals surface area contributed by atoms with E-state index in [0.717, 1.165) is 5.56 Å². The van der Waals surface area contributed by atoms with Crippen LogP contribution in [0.4, 0.5) is 0 Å². The van der Waals surface area contributed by atoms with Crippen molar-refractivity contribution in [3.8, 4) is 0 Å². The number of fused-ring (bicyclic) bond motifs is 1. The van der Waals surface area contributed by atoms with Gasteiger partial charge in [0.25, 0.3) is 0 Å². The van der Waals surface area contributed by atoms with Crippen LogP contribution in [0.5, 0.6) is 0 Å². The summed E-state index contributed by atoms with van der Waals surface area (Å²) in [6.07, 6.45) is 6.51. The van der Waals surface area contributed by atoms with Crippen LogP contribution >= 0.6 is 0 Å². The molecule has 0 heterocycles. The smallest absolute Gasteiger partial charge is 0.224 e. The maximum Gasteiger partial charge on any atom is 0.224 e. The van der Waals surface area contributed by atoms with E-state index in [1.165, 1.54) is 48.4 Å². The fourth-order valence-electron chi connectivity index (χ4n) is 3.53. The van der Waals surface area contributed by atoms with Gasteiger partial charge in [0.05, 0.1) is 5.92 Å². The molecule has 2 aromatic carbocycles. The second kappa shape index (κ2) is 5.88. The number of hydrogen-bond donors (Lipinski definition) is 1. The normalized spacial score (nSPS) is 17.8. The molecule has 2 heteroatoms. The molecule has 1 aliphatic carbocycles. The molecular formula is C19H23NO. The predicted octanol–water partition coefficient (Wildman–Crippen LogP) is 4.48. The molecule has 1 amide bonds. The lowest BCUT2D eigenvalue weighted by Gasteiger charge is -2.25. The number of rotatable bonds is 3. The van der Waals surface area contributed by atoms with Gasteiger partial charge in [0.2, 0.25) is 5.91 Å². The van der Waals surface area contributed by atoms with Gasteiger partial charge in [0, 0.05) is 0 Å². The number of nitrogens with two attached hydrogens (primary N) is 1. The zero-order chi connectivity index (χ0) is 14.8. The minimum atomic E-state index is -0.250. The molecule has 0 bridgehead atoms. The van der Waals surface area contributed by atoms with Crippen molar-refractivity contribution < 1.29 is 4.79 Å². The van der Waals surface area contributed by atoms with Crippen LogP contribution in [0.15, 0.2) is 36.4 Å². The third-order valence-corrected chi connectivity index (χ3v) is 4.89. The highest BCUT2D eigenvalue weighted by Crippen LogP contribution is 2.38. The summed E-state index contributed by atoms with van der Waals surface area (Å²) in [6.45, 7) is 1.90. The molecule has 21 heavy (non-hydrogen) atoms. The molecule has 1 aliphatic rings. The molecule has 2 nitrogen and oxygen atoms in total. The molecule has 110 valence electrons. The first-order valence-electron chi connectivity index (χ1n) is 7.98. The summed E-state index contributed by atoms with van der Waals surface area (Å²) in [5, 5.41) is 2.56. The Morgan fingerprint density at radius 1 is 1.14 bits per heavy atom. The van der Waals surface area contributed by atoms with Crippen molar-refractivity contribution in [1.29, 1.82) is 0 Å². The molecule has 1 fully saturated rings. The molecular weight excluding hydrogens is 258 g/mol. The molecule has 0 saturated heterocycles. The molecule has 2 N–H and O–H groups in total. The van der Waals surface area contributed by atoms with Gasteiger partial charge in [0.15, 0.2) is 0 Å². The average molecular weight is 281 g/mol. The van der Waals surface area contributed by atoms with Crippen LogP contribution in [0, 0.1) is 0 Å². The average Bonchev–Trinajstić information content (AvgIpc) is 2.53. The zero-order valence-electron chi connectivity index (χ0n) is 12.6. The van der Waals surface area contributed by atoms with Crippen molar-refractivity contribution >= 4 is 16.7 Å². The van der Waals surface area contributed by atoms with Gasteiger partial charge < -0.3 is 5.73 Å². The van der Waals surface area contributed by atoms with Gasteiger partial charge in [0.1, 0.15) is 0 Å². The second-order valence-corrected chi connectivity index (χ2v) is 6.29. The lowest BCUT2D eigenvalue weighted by molar-refractivity contribution is -0.119. The van der Waals surface area contributed by atoms with Crippen LogP contribution < -0.4 is 5.73 Å². The van der Waals surface area contributed by atoms with E-state index in [-0.39, 0.29) is 11.8 Å². The van der Waals surface area contributed by atoms with Crippen molar-refractivity contribution in [2.24, 2.45) is 5.73 Å². The Bertz CT molecular complexity index is 656. The maximum atomic E-state index is 11.5. The molecule has 1 atom stereocenters. The SMILES string of the molecule is CC(C(N)=O)c1cc(C2CCCCC2)c2ccccc2c1. The van der Waals surface area contributed by atoms with E-state index in [1.807, 2.05) is 6.92 Å². The summed E-state index contributed by atoms with van der Waals surface area (Å²) in [7, 11) is 0. The number of amides is 1. The van der Waals surface area contributed by atoms with E-state index in [2.05, 4.69) is 36.4 Å². The third kappa shape index (κ3) is 2.80. The largest absolute Gasteiger partial charge is 0.369 e. The van der Waals surface area contributed by atoms with Gasteiger partial charge in [-0.15, -0.1) is 0 Å². The van der Waals surface area contributed by atoms with E-state index in [1.54, 1.807) is 0 Å². The zero-order valence-corrected chi connectivity index (χ0v) is 12.6. The lowest BCUT2D eigenvalue weighted by Crippen LogP contribution is -2.19. The Kier molecular flexibility index (Phi) is 3.96. The fraction of sp³-hybridized carbons (Fsp3) is 0.421. The monoisotopic (exact) mass is 281 g/mol. The van der Waals surface area contributed by atoms with Gasteiger partial charge in [-0.25, -0.2) is 0 Å². The van der Waals surface area contributed by atoms with Crippen LogP contribution in [0.25, 0.3) is 10.8 Å². The fourth-order valence-corrected chi connectivity index (χ4v) is 3.53. The molecule has 0 radical (unpaired) electrons. The Hall–Kier alpha value is -1.83. The summed E-state index contributed by atoms with van der Waals surface area (Å²) in [6, 6.07) is 12.9. The van der Waals surface area contributed by atoms with E-state index in [0.29, 0.717) is 5.92 Å².